The molecule has 50 heavy (non-hydrogen) atoms. The number of nitriles is 1. The highest BCUT2D eigenvalue weighted by Crippen LogP contribution is 2.40. The summed E-state index contributed by atoms with van der Waals surface area (Å²) in [7, 11) is -0.638. The second-order valence-corrected chi connectivity index (χ2v) is 14.2. The van der Waals surface area contributed by atoms with Crippen molar-refractivity contribution in [2.24, 2.45) is 0 Å². The van der Waals surface area contributed by atoms with Gasteiger partial charge in [-0.25, -0.2) is 13.2 Å². The minimum Gasteiger partial charge on any atom is -0.496 e. The maximum atomic E-state index is 14.5. The van der Waals surface area contributed by atoms with E-state index in [2.05, 4.69) is 32.6 Å². The molecule has 0 saturated heterocycles. The van der Waals surface area contributed by atoms with Crippen LogP contribution in [0.2, 0.25) is 0 Å². The molecule has 18 heteroatoms. The van der Waals surface area contributed by atoms with E-state index >= 15 is 0 Å². The van der Waals surface area contributed by atoms with E-state index in [0.29, 0.717) is 11.3 Å². The van der Waals surface area contributed by atoms with E-state index in [4.69, 9.17) is 14.6 Å². The molecule has 3 amide bonds. The Hall–Kier alpha value is -4.73. The number of carboxylic acids is 1. The van der Waals surface area contributed by atoms with E-state index < -0.39 is 63.6 Å². The second-order valence-electron chi connectivity index (χ2n) is 11.2. The average Bonchev–Trinajstić information content (AvgIpc) is 3.12. The van der Waals surface area contributed by atoms with Gasteiger partial charge >= 0.3 is 12.1 Å². The number of aliphatic carboxylic acids is 1. The van der Waals surface area contributed by atoms with Crippen LogP contribution in [0.3, 0.4) is 0 Å². The number of anilines is 2. The molecule has 0 radical (unpaired) electrons. The first-order valence-corrected chi connectivity index (χ1v) is 17.5. The Labute approximate surface area is 294 Å². The van der Waals surface area contributed by atoms with Crippen molar-refractivity contribution in [2.75, 3.05) is 36.0 Å². The number of likely N-dealkylation sites (N-methyl/N-ethyl adjacent to an activating group) is 1. The third-order valence-electron chi connectivity index (χ3n) is 7.71. The zero-order chi connectivity index (χ0) is 37.7. The lowest BCUT2D eigenvalue weighted by atomic mass is 10.0. The van der Waals surface area contributed by atoms with Crippen LogP contribution in [0.25, 0.3) is 10.8 Å². The number of methoxy groups -OCH3 is 1. The molecule has 1 heterocycles. The first-order valence-electron chi connectivity index (χ1n) is 14.6. The fourth-order valence-corrected chi connectivity index (χ4v) is 6.24. The predicted molar refractivity (Wildman–Crippen MR) is 181 cm³/mol. The van der Waals surface area contributed by atoms with Crippen LogP contribution in [0.4, 0.5) is 24.5 Å². The summed E-state index contributed by atoms with van der Waals surface area (Å²) in [5.41, 5.74) is 1.32. The van der Waals surface area contributed by atoms with Gasteiger partial charge in [-0.15, -0.1) is 0 Å². The lowest BCUT2D eigenvalue weighted by molar-refractivity contribution is -0.192. The first kappa shape index (κ1) is 39.7. The monoisotopic (exact) mass is 783 g/mol. The number of benzene rings is 3. The van der Waals surface area contributed by atoms with Gasteiger partial charge in [0.25, 0.3) is 5.91 Å². The number of nitrogens with one attached hydrogen (secondary N) is 2. The van der Waals surface area contributed by atoms with Crippen molar-refractivity contribution in [3.05, 3.63) is 64.1 Å². The highest BCUT2D eigenvalue weighted by atomic mass is 79.9. The summed E-state index contributed by atoms with van der Waals surface area (Å²) in [6.45, 7) is 3.15. The first-order chi connectivity index (χ1) is 23.2. The predicted octanol–water partition coefficient (Wildman–Crippen LogP) is 3.52. The number of ether oxygens (including phenoxy) is 1. The molecule has 3 aromatic carbocycles. The van der Waals surface area contributed by atoms with Crippen molar-refractivity contribution in [3.8, 4) is 11.8 Å². The fraction of sp³-hybridized carbons (Fsp3) is 0.344. The largest absolute Gasteiger partial charge is 0.496 e. The summed E-state index contributed by atoms with van der Waals surface area (Å²) >= 11 is 3.58. The normalized spacial score (nSPS) is 16.7. The molecule has 268 valence electrons. The number of amides is 3. The van der Waals surface area contributed by atoms with Gasteiger partial charge in [0.15, 0.2) is 9.84 Å². The number of nitrogens with zero attached hydrogens (tertiary/aromatic N) is 3. The number of hydrogen-bond acceptors (Lipinski definition) is 9. The molecule has 0 aromatic heterocycles. The lowest BCUT2D eigenvalue weighted by Gasteiger charge is -2.32. The molecule has 0 fully saturated rings. The average molecular weight is 785 g/mol. The maximum Gasteiger partial charge on any atom is 0.490 e. The van der Waals surface area contributed by atoms with Gasteiger partial charge in [0.1, 0.15) is 17.5 Å². The van der Waals surface area contributed by atoms with Crippen LogP contribution >= 0.6 is 15.9 Å². The highest BCUT2D eigenvalue weighted by Gasteiger charge is 2.43. The Morgan fingerprint density at radius 3 is 2.30 bits per heavy atom. The van der Waals surface area contributed by atoms with E-state index in [0.717, 1.165) is 21.5 Å². The van der Waals surface area contributed by atoms with Crippen LogP contribution in [0.5, 0.6) is 5.75 Å². The van der Waals surface area contributed by atoms with Crippen LogP contribution in [0.1, 0.15) is 25.0 Å². The van der Waals surface area contributed by atoms with Gasteiger partial charge < -0.3 is 30.3 Å². The number of halogens is 4. The molecule has 0 aliphatic carbocycles. The Bertz CT molecular complexity index is 1970. The van der Waals surface area contributed by atoms with E-state index in [1.807, 2.05) is 24.3 Å². The summed E-state index contributed by atoms with van der Waals surface area (Å²) in [5, 5.41) is 24.1. The van der Waals surface area contributed by atoms with Crippen LogP contribution in [-0.4, -0.2) is 87.7 Å². The number of fused-ring (bicyclic) bond motifs is 2. The number of alkyl halides is 3. The van der Waals surface area contributed by atoms with Crippen LogP contribution < -0.4 is 25.2 Å². The number of sulfone groups is 1. The summed E-state index contributed by atoms with van der Waals surface area (Å²) in [6, 6.07) is 13.0. The summed E-state index contributed by atoms with van der Waals surface area (Å²) in [5.74, 6) is -4.88. The van der Waals surface area contributed by atoms with Gasteiger partial charge in [-0.1, -0.05) is 28.1 Å². The minimum atomic E-state index is -5.08. The number of carboxylic acid groups (broad SMARTS) is 1. The molecule has 0 bridgehead atoms. The molecular formula is C32H33BrF3N5O8S. The van der Waals surface area contributed by atoms with Crippen molar-refractivity contribution in [1.82, 2.24) is 10.6 Å². The van der Waals surface area contributed by atoms with Gasteiger partial charge in [-0.3, -0.25) is 14.4 Å². The molecule has 4 rings (SSSR count). The van der Waals surface area contributed by atoms with Gasteiger partial charge in [0, 0.05) is 16.3 Å². The van der Waals surface area contributed by atoms with Gasteiger partial charge in [0.05, 0.1) is 48.7 Å². The highest BCUT2D eigenvalue weighted by molar-refractivity contribution is 9.10. The molecular weight excluding hydrogens is 751 g/mol. The lowest BCUT2D eigenvalue weighted by Crippen LogP contribution is -2.60. The van der Waals surface area contributed by atoms with Crippen LogP contribution in [-0.2, 0) is 35.6 Å². The van der Waals surface area contributed by atoms with Gasteiger partial charge in [0.2, 0.25) is 11.8 Å². The number of carbonyl (C=O) groups excluding carboxylic acids is 3. The summed E-state index contributed by atoms with van der Waals surface area (Å²) in [4.78, 5) is 52.7. The minimum absolute atomic E-state index is 0.0491. The second kappa shape index (κ2) is 15.9. The third kappa shape index (κ3) is 9.08. The van der Waals surface area contributed by atoms with Gasteiger partial charge in [-0.05, 0) is 68.1 Å². The molecule has 0 unspecified atom stereocenters. The number of hydrogen-bond donors (Lipinski definition) is 3. The van der Waals surface area contributed by atoms with Crippen molar-refractivity contribution in [2.45, 2.75) is 44.7 Å². The summed E-state index contributed by atoms with van der Waals surface area (Å²) in [6.07, 6.45) is -4.14. The Morgan fingerprint density at radius 1 is 1.12 bits per heavy atom. The maximum absolute atomic E-state index is 14.5. The van der Waals surface area contributed by atoms with Gasteiger partial charge in [-0.2, -0.15) is 18.4 Å². The molecule has 1 aliphatic heterocycles. The van der Waals surface area contributed by atoms with E-state index in [-0.39, 0.29) is 23.5 Å². The van der Waals surface area contributed by atoms with Crippen molar-refractivity contribution < 1.29 is 50.6 Å². The molecule has 3 N–H and O–H groups in total. The summed E-state index contributed by atoms with van der Waals surface area (Å²) < 4.78 is 62.7. The topological polar surface area (TPSA) is 186 Å². The van der Waals surface area contributed by atoms with Crippen LogP contribution in [0, 0.1) is 11.3 Å². The third-order valence-corrected chi connectivity index (χ3v) is 9.17. The Balaban J connectivity index is 0.000000872. The zero-order valence-electron chi connectivity index (χ0n) is 27.3. The Morgan fingerprint density at radius 2 is 1.76 bits per heavy atom. The molecule has 0 spiro atoms. The van der Waals surface area contributed by atoms with E-state index in [1.54, 1.807) is 27.0 Å². The SMILES string of the molecule is CN[C@@H](C)C(=O)N[C@@H]1C(=O)N(Cc2c(OC)ccc3c(Br)cccc23)c2cc(C#N)ccc2N(C(=O)CS(C)(=O)=O)[C@H]1C.O=C(O)C(F)(F)F. The molecule has 3 atom stereocenters. The molecule has 1 aliphatic rings. The fourth-order valence-electron chi connectivity index (χ4n) is 5.16. The van der Waals surface area contributed by atoms with E-state index in [1.165, 1.54) is 35.1 Å². The van der Waals surface area contributed by atoms with Crippen molar-refractivity contribution in [3.63, 3.8) is 0 Å². The quantitative estimate of drug-likeness (QED) is 0.305. The molecule has 3 aromatic rings. The Kier molecular flexibility index (Phi) is 12.6. The van der Waals surface area contributed by atoms with Crippen LogP contribution in [0.15, 0.2) is 53.0 Å². The van der Waals surface area contributed by atoms with Crippen molar-refractivity contribution in [1.29, 1.82) is 5.26 Å². The standard InChI is InChI=1S/C30H32BrN5O6S.C2HF3O2/c1-17(33-3)29(38)34-28-18(2)36(27(37)16-43(5,40)41)24-11-9-19(14-32)13-25(24)35(30(28)39)15-22-20-7-6-8-23(31)21(20)10-12-26(22)42-4;3-2(4,5)1(6)7/h6-13,17-18,28,33H,15-16H2,1-5H3,(H,34,38);(H,6,7)/t17-,18-,28-;/m0./s1. The van der Waals surface area contributed by atoms with Crippen molar-refractivity contribution >= 4 is 71.6 Å². The zero-order valence-corrected chi connectivity index (χ0v) is 29.7. The molecule has 0 saturated carbocycles. The molecule has 13 nitrogen and oxygen atoms in total. The smallest absolute Gasteiger partial charge is 0.490 e. The van der Waals surface area contributed by atoms with E-state index in [9.17, 15) is 41.2 Å². The number of rotatable bonds is 8. The number of carbonyl (C=O) groups is 4.